The smallest absolute Gasteiger partial charge is 0.306 e. The number of carboxylic acids is 1. The van der Waals surface area contributed by atoms with E-state index in [1.54, 1.807) is 0 Å². The number of esters is 1. The van der Waals surface area contributed by atoms with Crippen molar-refractivity contribution in [2.45, 2.75) is 200 Å². The molecule has 4 nitrogen and oxygen atoms in total. The number of hydrogen-bond donors (Lipinski definition) is 1. The summed E-state index contributed by atoms with van der Waals surface area (Å²) in [5.74, 6) is -0.794. The van der Waals surface area contributed by atoms with Gasteiger partial charge in [-0.05, 0) is 38.5 Å². The van der Waals surface area contributed by atoms with Crippen molar-refractivity contribution < 1.29 is 19.4 Å². The molecule has 0 rings (SSSR count). The number of carbonyl (C=O) groups is 2. The Morgan fingerprint density at radius 3 is 1.22 bits per heavy atom. The fourth-order valence-corrected chi connectivity index (χ4v) is 5.13. The van der Waals surface area contributed by atoms with Crippen LogP contribution in [-0.4, -0.2) is 23.1 Å². The van der Waals surface area contributed by atoms with E-state index in [-0.39, 0.29) is 18.5 Å². The van der Waals surface area contributed by atoms with E-state index in [2.05, 4.69) is 13.8 Å². The maximum absolute atomic E-state index is 12.4. The molecule has 0 saturated heterocycles. The van der Waals surface area contributed by atoms with Crippen molar-refractivity contribution in [2.24, 2.45) is 0 Å². The van der Waals surface area contributed by atoms with E-state index < -0.39 is 5.97 Å². The standard InChI is InChI=1S/C33H64O4/c1-3-5-7-9-11-13-14-15-16-18-20-22-24-30-33(36)37-31(28-25-26-29-32(34)35)27-23-21-19-17-12-10-8-6-4-2/h31H,3-30H2,1-2H3,(H,34,35). The molecule has 0 aromatic rings. The lowest BCUT2D eigenvalue weighted by Gasteiger charge is -2.18. The van der Waals surface area contributed by atoms with Gasteiger partial charge in [0.2, 0.25) is 0 Å². The fourth-order valence-electron chi connectivity index (χ4n) is 5.13. The Morgan fingerprint density at radius 1 is 0.486 bits per heavy atom. The lowest BCUT2D eigenvalue weighted by Crippen LogP contribution is -2.18. The van der Waals surface area contributed by atoms with Gasteiger partial charge in [-0.2, -0.15) is 0 Å². The summed E-state index contributed by atoms with van der Waals surface area (Å²) < 4.78 is 5.85. The van der Waals surface area contributed by atoms with E-state index in [0.29, 0.717) is 12.8 Å². The predicted molar refractivity (Wildman–Crippen MR) is 158 cm³/mol. The van der Waals surface area contributed by atoms with Crippen LogP contribution in [0.15, 0.2) is 0 Å². The average molecular weight is 525 g/mol. The highest BCUT2D eigenvalue weighted by molar-refractivity contribution is 5.69. The lowest BCUT2D eigenvalue weighted by molar-refractivity contribution is -0.150. The number of carboxylic acid groups (broad SMARTS) is 1. The highest BCUT2D eigenvalue weighted by Crippen LogP contribution is 2.18. The van der Waals surface area contributed by atoms with Gasteiger partial charge in [0, 0.05) is 12.8 Å². The molecule has 37 heavy (non-hydrogen) atoms. The van der Waals surface area contributed by atoms with Gasteiger partial charge in [0.05, 0.1) is 0 Å². The number of unbranched alkanes of at least 4 members (excludes halogenated alkanes) is 21. The summed E-state index contributed by atoms with van der Waals surface area (Å²) in [5, 5.41) is 8.88. The maximum atomic E-state index is 12.4. The molecule has 0 saturated carbocycles. The van der Waals surface area contributed by atoms with Gasteiger partial charge < -0.3 is 9.84 Å². The van der Waals surface area contributed by atoms with Crippen LogP contribution < -0.4 is 0 Å². The molecule has 0 bridgehead atoms. The molecule has 0 fully saturated rings. The zero-order valence-electron chi connectivity index (χ0n) is 25.0. The molecule has 0 aliphatic carbocycles. The van der Waals surface area contributed by atoms with Crippen LogP contribution in [0.2, 0.25) is 0 Å². The van der Waals surface area contributed by atoms with Crippen molar-refractivity contribution in [1.82, 2.24) is 0 Å². The molecular weight excluding hydrogens is 460 g/mol. The topological polar surface area (TPSA) is 63.6 Å². The monoisotopic (exact) mass is 524 g/mol. The van der Waals surface area contributed by atoms with E-state index in [1.807, 2.05) is 0 Å². The van der Waals surface area contributed by atoms with E-state index in [0.717, 1.165) is 38.5 Å². The van der Waals surface area contributed by atoms with Gasteiger partial charge in [0.15, 0.2) is 0 Å². The zero-order chi connectivity index (χ0) is 27.2. The van der Waals surface area contributed by atoms with Crippen LogP contribution in [0, 0.1) is 0 Å². The zero-order valence-corrected chi connectivity index (χ0v) is 25.0. The third kappa shape index (κ3) is 29.4. The van der Waals surface area contributed by atoms with Gasteiger partial charge in [0.25, 0.3) is 0 Å². The van der Waals surface area contributed by atoms with Crippen molar-refractivity contribution in [2.75, 3.05) is 0 Å². The molecule has 220 valence electrons. The molecule has 1 atom stereocenters. The van der Waals surface area contributed by atoms with Crippen molar-refractivity contribution >= 4 is 11.9 Å². The minimum Gasteiger partial charge on any atom is -0.481 e. The van der Waals surface area contributed by atoms with E-state index >= 15 is 0 Å². The molecule has 0 spiro atoms. The molecule has 0 amide bonds. The summed E-state index contributed by atoms with van der Waals surface area (Å²) in [6.45, 7) is 4.52. The molecule has 0 aliphatic rings. The Labute approximate surface area is 231 Å². The van der Waals surface area contributed by atoms with E-state index in [9.17, 15) is 9.59 Å². The van der Waals surface area contributed by atoms with Crippen LogP contribution in [0.25, 0.3) is 0 Å². The van der Waals surface area contributed by atoms with Crippen LogP contribution in [0.4, 0.5) is 0 Å². The first-order valence-corrected chi connectivity index (χ1v) is 16.5. The summed E-state index contributed by atoms with van der Waals surface area (Å²) in [6, 6.07) is 0. The minimum atomic E-state index is -0.741. The van der Waals surface area contributed by atoms with Crippen molar-refractivity contribution in [3.8, 4) is 0 Å². The minimum absolute atomic E-state index is 0.0344. The number of hydrogen-bond acceptors (Lipinski definition) is 3. The number of rotatable bonds is 30. The van der Waals surface area contributed by atoms with Gasteiger partial charge in [0.1, 0.15) is 6.10 Å². The Hall–Kier alpha value is -1.06. The van der Waals surface area contributed by atoms with Crippen LogP contribution in [0.3, 0.4) is 0 Å². The SMILES string of the molecule is CCCCCCCCCCCCCCCC(=O)OC(CCCCCCCCCCC)CCCCC(=O)O. The first kappa shape index (κ1) is 35.9. The predicted octanol–water partition coefficient (Wildman–Crippen LogP) is 10.9. The normalized spacial score (nSPS) is 12.1. The molecule has 1 unspecified atom stereocenters. The third-order valence-corrected chi connectivity index (χ3v) is 7.58. The summed E-state index contributed by atoms with van der Waals surface area (Å²) in [5.41, 5.74) is 0. The summed E-state index contributed by atoms with van der Waals surface area (Å²) >= 11 is 0. The van der Waals surface area contributed by atoms with Gasteiger partial charge in [-0.15, -0.1) is 0 Å². The number of carbonyl (C=O) groups excluding carboxylic acids is 1. The highest BCUT2D eigenvalue weighted by atomic mass is 16.5. The van der Waals surface area contributed by atoms with Crippen LogP contribution in [0.5, 0.6) is 0 Å². The highest BCUT2D eigenvalue weighted by Gasteiger charge is 2.14. The van der Waals surface area contributed by atoms with Gasteiger partial charge in [-0.1, -0.05) is 142 Å². The van der Waals surface area contributed by atoms with Crippen LogP contribution >= 0.6 is 0 Å². The molecule has 0 radical (unpaired) electrons. The third-order valence-electron chi connectivity index (χ3n) is 7.58. The Kier molecular flexibility index (Phi) is 28.7. The molecule has 0 aliphatic heterocycles. The van der Waals surface area contributed by atoms with E-state index in [1.165, 1.54) is 122 Å². The van der Waals surface area contributed by atoms with E-state index in [4.69, 9.17) is 9.84 Å². The van der Waals surface area contributed by atoms with Crippen molar-refractivity contribution in [3.05, 3.63) is 0 Å². The largest absolute Gasteiger partial charge is 0.481 e. The molecule has 4 heteroatoms. The van der Waals surface area contributed by atoms with Crippen LogP contribution in [0.1, 0.15) is 194 Å². The number of ether oxygens (including phenoxy) is 1. The van der Waals surface area contributed by atoms with Crippen molar-refractivity contribution in [1.29, 1.82) is 0 Å². The maximum Gasteiger partial charge on any atom is 0.306 e. The Balaban J connectivity index is 3.87. The van der Waals surface area contributed by atoms with Gasteiger partial charge in [-0.25, -0.2) is 0 Å². The summed E-state index contributed by atoms with van der Waals surface area (Å²) in [7, 11) is 0. The molecule has 1 N–H and O–H groups in total. The second kappa shape index (κ2) is 29.5. The fraction of sp³-hybridized carbons (Fsp3) is 0.939. The Bertz CT molecular complexity index is 491. The van der Waals surface area contributed by atoms with Crippen LogP contribution in [-0.2, 0) is 14.3 Å². The first-order chi connectivity index (χ1) is 18.1. The summed E-state index contributed by atoms with van der Waals surface area (Å²) in [6.07, 6.45) is 32.5. The molecule has 0 aromatic carbocycles. The molecular formula is C33H64O4. The number of aliphatic carboxylic acids is 1. The summed E-state index contributed by atoms with van der Waals surface area (Å²) in [4.78, 5) is 23.2. The molecule has 0 heterocycles. The second-order valence-corrected chi connectivity index (χ2v) is 11.4. The molecule has 0 aromatic heterocycles. The van der Waals surface area contributed by atoms with Crippen molar-refractivity contribution in [3.63, 3.8) is 0 Å². The lowest BCUT2D eigenvalue weighted by atomic mass is 10.0. The van der Waals surface area contributed by atoms with Gasteiger partial charge >= 0.3 is 11.9 Å². The van der Waals surface area contributed by atoms with Gasteiger partial charge in [-0.3, -0.25) is 9.59 Å². The Morgan fingerprint density at radius 2 is 0.811 bits per heavy atom. The first-order valence-electron chi connectivity index (χ1n) is 16.5. The quantitative estimate of drug-likeness (QED) is 0.0749. The second-order valence-electron chi connectivity index (χ2n) is 11.4. The average Bonchev–Trinajstić information content (AvgIpc) is 2.88.